The lowest BCUT2D eigenvalue weighted by atomic mass is 9.73. The van der Waals surface area contributed by atoms with E-state index in [1.54, 1.807) is 0 Å². The summed E-state index contributed by atoms with van der Waals surface area (Å²) in [5.74, 6) is 1.90. The van der Waals surface area contributed by atoms with Gasteiger partial charge < -0.3 is 10.6 Å². The lowest BCUT2D eigenvalue weighted by Crippen LogP contribution is -2.39. The van der Waals surface area contributed by atoms with E-state index in [0.29, 0.717) is 11.5 Å². The molecule has 0 aliphatic heterocycles. The minimum absolute atomic E-state index is 0.371. The number of anilines is 2. The molecule has 1 aliphatic carbocycles. The Balaban J connectivity index is 2.08. The fourth-order valence-electron chi connectivity index (χ4n) is 2.59. The summed E-state index contributed by atoms with van der Waals surface area (Å²) in [4.78, 5) is 4.53. The van der Waals surface area contributed by atoms with Crippen molar-refractivity contribution in [1.29, 1.82) is 0 Å². The number of hydrogen-bond acceptors (Lipinski definition) is 3. The van der Waals surface area contributed by atoms with Crippen LogP contribution in [0.5, 0.6) is 0 Å². The Morgan fingerprint density at radius 3 is 2.71 bits per heavy atom. The zero-order chi connectivity index (χ0) is 12.3. The van der Waals surface area contributed by atoms with E-state index in [9.17, 15) is 0 Å². The second-order valence-electron chi connectivity index (χ2n) is 5.59. The SMILES string of the molecule is CNc1cccc(NC2CCCCC2(C)C)n1. The zero-order valence-electron chi connectivity index (χ0n) is 11.1. The Bertz CT molecular complexity index is 373. The molecule has 1 atom stereocenters. The van der Waals surface area contributed by atoms with Crippen molar-refractivity contribution in [3.8, 4) is 0 Å². The lowest BCUT2D eigenvalue weighted by Gasteiger charge is -2.39. The van der Waals surface area contributed by atoms with Crippen LogP contribution in [0, 0.1) is 5.41 Å². The molecule has 1 fully saturated rings. The maximum atomic E-state index is 4.53. The van der Waals surface area contributed by atoms with Crippen LogP contribution in [0.2, 0.25) is 0 Å². The van der Waals surface area contributed by atoms with Crippen molar-refractivity contribution in [3.05, 3.63) is 18.2 Å². The maximum Gasteiger partial charge on any atom is 0.128 e. The molecule has 3 heteroatoms. The van der Waals surface area contributed by atoms with E-state index in [0.717, 1.165) is 11.6 Å². The molecular weight excluding hydrogens is 210 g/mol. The molecule has 0 bridgehead atoms. The number of nitrogens with zero attached hydrogens (tertiary/aromatic N) is 1. The third-order valence-corrected chi connectivity index (χ3v) is 3.83. The molecule has 1 heterocycles. The van der Waals surface area contributed by atoms with Gasteiger partial charge in [0.1, 0.15) is 11.6 Å². The summed E-state index contributed by atoms with van der Waals surface area (Å²) in [5.41, 5.74) is 0.371. The highest BCUT2D eigenvalue weighted by Gasteiger charge is 2.32. The third-order valence-electron chi connectivity index (χ3n) is 3.83. The Hall–Kier alpha value is -1.25. The van der Waals surface area contributed by atoms with Crippen molar-refractivity contribution in [3.63, 3.8) is 0 Å². The monoisotopic (exact) mass is 233 g/mol. The summed E-state index contributed by atoms with van der Waals surface area (Å²) in [6.07, 6.45) is 5.23. The topological polar surface area (TPSA) is 37.0 Å². The Kier molecular flexibility index (Phi) is 3.55. The van der Waals surface area contributed by atoms with Gasteiger partial charge in [-0.05, 0) is 30.4 Å². The van der Waals surface area contributed by atoms with E-state index < -0.39 is 0 Å². The van der Waals surface area contributed by atoms with E-state index in [1.807, 2.05) is 25.2 Å². The van der Waals surface area contributed by atoms with Crippen LogP contribution < -0.4 is 10.6 Å². The van der Waals surface area contributed by atoms with Gasteiger partial charge in [0, 0.05) is 13.1 Å². The first-order valence-electron chi connectivity index (χ1n) is 6.53. The Labute approximate surface area is 104 Å². The molecule has 1 aromatic rings. The average Bonchev–Trinajstić information content (AvgIpc) is 2.32. The first-order chi connectivity index (χ1) is 8.12. The average molecular weight is 233 g/mol. The smallest absolute Gasteiger partial charge is 0.128 e. The van der Waals surface area contributed by atoms with Gasteiger partial charge in [-0.2, -0.15) is 0 Å². The van der Waals surface area contributed by atoms with Crippen molar-refractivity contribution < 1.29 is 0 Å². The van der Waals surface area contributed by atoms with Gasteiger partial charge in [0.25, 0.3) is 0 Å². The first-order valence-corrected chi connectivity index (χ1v) is 6.53. The molecule has 0 saturated heterocycles. The largest absolute Gasteiger partial charge is 0.373 e. The van der Waals surface area contributed by atoms with Crippen molar-refractivity contribution in [2.24, 2.45) is 5.41 Å². The van der Waals surface area contributed by atoms with Crippen LogP contribution in [0.25, 0.3) is 0 Å². The molecule has 1 unspecified atom stereocenters. The van der Waals surface area contributed by atoms with Crippen molar-refractivity contribution in [2.75, 3.05) is 17.7 Å². The molecule has 1 aromatic heterocycles. The molecule has 0 radical (unpaired) electrons. The van der Waals surface area contributed by atoms with Gasteiger partial charge in [0.15, 0.2) is 0 Å². The number of hydrogen-bond donors (Lipinski definition) is 2. The summed E-state index contributed by atoms with van der Waals surface area (Å²) < 4.78 is 0. The first kappa shape index (κ1) is 12.2. The van der Waals surface area contributed by atoms with E-state index in [1.165, 1.54) is 25.7 Å². The number of rotatable bonds is 3. The highest BCUT2D eigenvalue weighted by atomic mass is 15.1. The molecule has 94 valence electrons. The van der Waals surface area contributed by atoms with Gasteiger partial charge in [-0.15, -0.1) is 0 Å². The minimum Gasteiger partial charge on any atom is -0.373 e. The molecule has 0 amide bonds. The summed E-state index contributed by atoms with van der Waals surface area (Å²) in [6.45, 7) is 4.71. The maximum absolute atomic E-state index is 4.53. The predicted octanol–water partition coefficient (Wildman–Crippen LogP) is 3.50. The second-order valence-corrected chi connectivity index (χ2v) is 5.59. The molecule has 1 saturated carbocycles. The number of aromatic nitrogens is 1. The summed E-state index contributed by atoms with van der Waals surface area (Å²) in [6, 6.07) is 6.61. The normalized spacial score (nSPS) is 23.1. The quantitative estimate of drug-likeness (QED) is 0.839. The molecule has 1 aliphatic rings. The summed E-state index contributed by atoms with van der Waals surface area (Å²) in [5, 5.41) is 6.67. The second kappa shape index (κ2) is 4.94. The molecule has 3 nitrogen and oxygen atoms in total. The van der Waals surface area contributed by atoms with Crippen LogP contribution in [0.15, 0.2) is 18.2 Å². The molecule has 0 aromatic carbocycles. The zero-order valence-corrected chi connectivity index (χ0v) is 11.1. The van der Waals surface area contributed by atoms with Crippen LogP contribution in [-0.4, -0.2) is 18.1 Å². The lowest BCUT2D eigenvalue weighted by molar-refractivity contribution is 0.216. The van der Waals surface area contributed by atoms with Crippen LogP contribution in [-0.2, 0) is 0 Å². The van der Waals surface area contributed by atoms with E-state index in [-0.39, 0.29) is 0 Å². The van der Waals surface area contributed by atoms with Gasteiger partial charge >= 0.3 is 0 Å². The van der Waals surface area contributed by atoms with Crippen LogP contribution >= 0.6 is 0 Å². The van der Waals surface area contributed by atoms with Crippen molar-refractivity contribution in [1.82, 2.24) is 4.98 Å². The molecule has 17 heavy (non-hydrogen) atoms. The van der Waals surface area contributed by atoms with E-state index in [4.69, 9.17) is 0 Å². The number of pyridine rings is 1. The van der Waals surface area contributed by atoms with Gasteiger partial charge in [-0.25, -0.2) is 4.98 Å². The van der Waals surface area contributed by atoms with Crippen molar-refractivity contribution >= 4 is 11.6 Å². The number of nitrogens with one attached hydrogen (secondary N) is 2. The highest BCUT2D eigenvalue weighted by Crippen LogP contribution is 2.37. The van der Waals surface area contributed by atoms with E-state index >= 15 is 0 Å². The van der Waals surface area contributed by atoms with Gasteiger partial charge in [0.2, 0.25) is 0 Å². The van der Waals surface area contributed by atoms with E-state index in [2.05, 4.69) is 29.5 Å². The minimum atomic E-state index is 0.371. The summed E-state index contributed by atoms with van der Waals surface area (Å²) >= 11 is 0. The fraction of sp³-hybridized carbons (Fsp3) is 0.643. The summed E-state index contributed by atoms with van der Waals surface area (Å²) in [7, 11) is 1.90. The van der Waals surface area contributed by atoms with Crippen LogP contribution in [0.3, 0.4) is 0 Å². The molecule has 0 spiro atoms. The van der Waals surface area contributed by atoms with Crippen LogP contribution in [0.1, 0.15) is 39.5 Å². The van der Waals surface area contributed by atoms with Crippen molar-refractivity contribution in [2.45, 2.75) is 45.6 Å². The standard InChI is InChI=1S/C14H23N3/c1-14(2)10-5-4-7-11(14)16-13-9-6-8-12(15-3)17-13/h6,8-9,11H,4-5,7,10H2,1-3H3,(H2,15,16,17). The Morgan fingerprint density at radius 2 is 2.00 bits per heavy atom. The Morgan fingerprint density at radius 1 is 1.24 bits per heavy atom. The molecule has 2 N–H and O–H groups in total. The van der Waals surface area contributed by atoms with Gasteiger partial charge in [0.05, 0.1) is 0 Å². The van der Waals surface area contributed by atoms with Gasteiger partial charge in [-0.3, -0.25) is 0 Å². The predicted molar refractivity (Wildman–Crippen MR) is 73.4 cm³/mol. The molecule has 2 rings (SSSR count). The third kappa shape index (κ3) is 2.90. The highest BCUT2D eigenvalue weighted by molar-refractivity contribution is 5.45. The van der Waals surface area contributed by atoms with Gasteiger partial charge in [-0.1, -0.05) is 32.8 Å². The van der Waals surface area contributed by atoms with Crippen LogP contribution in [0.4, 0.5) is 11.6 Å². The fourth-order valence-corrected chi connectivity index (χ4v) is 2.59. The molecular formula is C14H23N3.